The minimum Gasteiger partial charge on any atom is -0.464 e. The Morgan fingerprint density at radius 1 is 0.833 bits per heavy atom. The lowest BCUT2D eigenvalue weighted by atomic mass is 10.1. The van der Waals surface area contributed by atoms with Gasteiger partial charge in [0.15, 0.2) is 0 Å². The molecule has 3 aliphatic heterocycles. The van der Waals surface area contributed by atoms with Crippen molar-refractivity contribution in [2.24, 2.45) is 11.8 Å². The second-order valence-electron chi connectivity index (χ2n) is 19.8. The van der Waals surface area contributed by atoms with Crippen molar-refractivity contribution in [2.45, 2.75) is 113 Å². The zero-order chi connectivity index (χ0) is 56.9. The van der Waals surface area contributed by atoms with Gasteiger partial charge in [0.1, 0.15) is 35.4 Å². The van der Waals surface area contributed by atoms with E-state index < -0.39 is 86.9 Å². The van der Waals surface area contributed by atoms with Crippen LogP contribution in [-0.4, -0.2) is 166 Å². The second-order valence-corrected chi connectivity index (χ2v) is 19.8. The summed E-state index contributed by atoms with van der Waals surface area (Å²) >= 11 is 0. The molecule has 0 radical (unpaired) electrons. The highest BCUT2D eigenvalue weighted by Crippen LogP contribution is 2.47. The smallest absolute Gasteiger partial charge is 0.338 e. The average Bonchev–Trinajstić information content (AvgIpc) is 4.41. The van der Waals surface area contributed by atoms with Crippen LogP contribution in [0.4, 0.5) is 21.0 Å². The number of likely N-dealkylation sites (tertiary alicyclic amines) is 1. The number of hydrogen-bond acceptors (Lipinski definition) is 16. The predicted octanol–water partition coefficient (Wildman–Crippen LogP) is 5.65. The van der Waals surface area contributed by atoms with Crippen LogP contribution in [0.2, 0.25) is 0 Å². The van der Waals surface area contributed by atoms with Gasteiger partial charge in [-0.1, -0.05) is 24.3 Å². The molecular weight excluding hydrogens is 1020 g/mol. The number of hydrogen-bond donors (Lipinski definition) is 2. The molecule has 0 aromatic heterocycles. The minimum absolute atomic E-state index is 0.00425. The summed E-state index contributed by atoms with van der Waals surface area (Å²) in [6, 6.07) is 7.20. The maximum Gasteiger partial charge on any atom is 0.338 e. The lowest BCUT2D eigenvalue weighted by Gasteiger charge is -2.30. The van der Waals surface area contributed by atoms with Gasteiger partial charge < -0.3 is 49.2 Å². The fourth-order valence-electron chi connectivity index (χ4n) is 9.78. The van der Waals surface area contributed by atoms with Gasteiger partial charge in [0.05, 0.1) is 47.3 Å². The van der Waals surface area contributed by atoms with Crippen molar-refractivity contribution in [1.29, 1.82) is 0 Å². The van der Waals surface area contributed by atoms with Crippen LogP contribution in [-0.2, 0) is 38.1 Å². The van der Waals surface area contributed by atoms with Crippen molar-refractivity contribution in [2.75, 3.05) is 53.5 Å². The number of unbranched alkanes of at least 4 members (excludes halogenated alkanes) is 2. The van der Waals surface area contributed by atoms with E-state index in [1.54, 1.807) is 40.1 Å². The van der Waals surface area contributed by atoms with Crippen LogP contribution in [0.5, 0.6) is 0 Å². The molecule has 0 unspecified atom stereocenters. The molecule has 24 nitrogen and oxygen atoms in total. The van der Waals surface area contributed by atoms with E-state index in [1.807, 2.05) is 12.2 Å². The van der Waals surface area contributed by atoms with E-state index in [2.05, 4.69) is 23.8 Å². The Kier molecular flexibility index (Phi) is 19.9. The van der Waals surface area contributed by atoms with Crippen molar-refractivity contribution >= 4 is 59.1 Å². The Labute approximate surface area is 451 Å². The van der Waals surface area contributed by atoms with Gasteiger partial charge in [-0.05, 0) is 89.5 Å². The van der Waals surface area contributed by atoms with Crippen molar-refractivity contribution in [1.82, 2.24) is 30.2 Å². The SMILES string of the molecule is C=CCCCCN(C)C(=O)N1C[C@H](OC(=O)c2ccc([N+](=O)[O-])cc2)C[C@H]1C(=O)N[C@]1(C(=O)OCC)C[C@H]1C=C.CCOC(=O)[C@@]12C[C@H]1/C=C\CCCCN(C)C(=O)N1C[C@H](OC(=O)c3ccc([N+](=O)[O-])cc3)C[C@H]1C(=O)N2. The van der Waals surface area contributed by atoms with Gasteiger partial charge in [-0.2, -0.15) is 0 Å². The maximum absolute atomic E-state index is 13.5. The van der Waals surface area contributed by atoms with E-state index in [-0.39, 0.29) is 79.5 Å². The lowest BCUT2D eigenvalue weighted by Crippen LogP contribution is -2.55. The van der Waals surface area contributed by atoms with Crippen LogP contribution in [0.3, 0.4) is 0 Å². The molecule has 2 aromatic rings. The number of allylic oxidation sites excluding steroid dienone is 2. The topological polar surface area (TPSA) is 297 Å². The molecule has 24 heteroatoms. The van der Waals surface area contributed by atoms with Crippen LogP contribution in [0, 0.1) is 32.1 Å². The summed E-state index contributed by atoms with van der Waals surface area (Å²) in [7, 11) is 3.29. The summed E-state index contributed by atoms with van der Waals surface area (Å²) in [5.74, 6) is -4.09. The molecule has 0 bridgehead atoms. The normalized spacial score (nSPS) is 25.6. The van der Waals surface area contributed by atoms with E-state index in [9.17, 15) is 58.6 Å². The van der Waals surface area contributed by atoms with Gasteiger partial charge in [-0.25, -0.2) is 28.8 Å². The Bertz CT molecular complexity index is 2650. The molecule has 2 aliphatic carbocycles. The molecular formula is C54H68N8O16. The van der Waals surface area contributed by atoms with Crippen LogP contribution in [0.15, 0.2) is 86.0 Å². The Morgan fingerprint density at radius 3 is 1.97 bits per heavy atom. The van der Waals surface area contributed by atoms with Crippen molar-refractivity contribution in [3.05, 3.63) is 117 Å². The number of ether oxygens (including phenoxy) is 4. The third-order valence-corrected chi connectivity index (χ3v) is 14.4. The van der Waals surface area contributed by atoms with Crippen LogP contribution in [0.1, 0.15) is 98.8 Å². The Balaban J connectivity index is 0.000000253. The summed E-state index contributed by atoms with van der Waals surface area (Å²) in [5.41, 5.74) is -2.54. The first kappa shape index (κ1) is 59.1. The van der Waals surface area contributed by atoms with Gasteiger partial charge in [0.2, 0.25) is 11.8 Å². The Hall–Kier alpha value is -8.18. The fourth-order valence-corrected chi connectivity index (χ4v) is 9.78. The van der Waals surface area contributed by atoms with Crippen LogP contribution in [0.25, 0.3) is 0 Å². The third kappa shape index (κ3) is 14.0. The van der Waals surface area contributed by atoms with Crippen molar-refractivity contribution < 1.29 is 67.2 Å². The number of nitrogens with one attached hydrogen (secondary N) is 2. The standard InChI is InChI=1S/C28H36N4O8.C26H32N4O8/c1-5-8-9-10-15-30(4)27(36)31-18-22(40-25(34)19-11-13-21(14-12-19)32(37)38)16-23(31)24(33)29-28(17-20(28)6-2)26(35)39-7-3;1-3-37-24(33)26-15-18(26)8-6-4-5-7-13-28(2)25(34)29-16-20(14-21(29)22(31)27-26)38-23(32)17-9-11-19(12-10-17)30(35)36/h5-6,11-14,20,22-23H,1-2,7-10,15-18H2,3-4H3,(H,29,33);6,8-12,18,20-21H,3-5,7,13-16H2,1-2H3,(H,27,31)/b;8-6-/t20-,22-,23+,28-;18-,20-,21+,26-/m11/s1. The van der Waals surface area contributed by atoms with Gasteiger partial charge in [-0.15, -0.1) is 13.2 Å². The van der Waals surface area contributed by atoms with Crippen molar-refractivity contribution in [3.8, 4) is 0 Å². The predicted molar refractivity (Wildman–Crippen MR) is 279 cm³/mol. The summed E-state index contributed by atoms with van der Waals surface area (Å²) in [5, 5.41) is 27.4. The lowest BCUT2D eigenvalue weighted by molar-refractivity contribution is -0.385. The third-order valence-electron chi connectivity index (χ3n) is 14.4. The zero-order valence-electron chi connectivity index (χ0n) is 44.3. The zero-order valence-corrected chi connectivity index (χ0v) is 44.3. The molecule has 78 heavy (non-hydrogen) atoms. The first-order chi connectivity index (χ1) is 37.2. The van der Waals surface area contributed by atoms with Crippen LogP contribution >= 0.6 is 0 Å². The quantitative estimate of drug-likeness (QED) is 0.0455. The number of urea groups is 2. The number of benzene rings is 2. The first-order valence-electron chi connectivity index (χ1n) is 26.1. The monoisotopic (exact) mass is 1080 g/mol. The minimum atomic E-state index is -1.24. The number of carbonyl (C=O) groups is 8. The Morgan fingerprint density at radius 2 is 1.42 bits per heavy atom. The number of amides is 6. The summed E-state index contributed by atoms with van der Waals surface area (Å²) in [6.45, 7) is 12.0. The highest BCUT2D eigenvalue weighted by atomic mass is 16.6. The van der Waals surface area contributed by atoms with Gasteiger partial charge in [0, 0.05) is 76.1 Å². The molecule has 2 N–H and O–H groups in total. The first-order valence-corrected chi connectivity index (χ1v) is 26.1. The van der Waals surface area contributed by atoms with E-state index >= 15 is 0 Å². The molecule has 2 saturated carbocycles. The number of nitro groups is 2. The second kappa shape index (κ2) is 26.2. The van der Waals surface area contributed by atoms with Crippen molar-refractivity contribution in [3.63, 3.8) is 0 Å². The number of nitro benzene ring substituents is 2. The molecule has 4 fully saturated rings. The number of fused-ring (bicyclic) bond motifs is 2. The number of non-ortho nitro benzene ring substituents is 2. The number of rotatable bonds is 18. The molecule has 8 atom stereocenters. The molecule has 3 heterocycles. The van der Waals surface area contributed by atoms with E-state index in [0.717, 1.165) is 38.5 Å². The fraction of sp³-hybridized carbons (Fsp3) is 0.519. The van der Waals surface area contributed by atoms with E-state index in [0.29, 0.717) is 25.9 Å². The highest BCUT2D eigenvalue weighted by Gasteiger charge is 2.63. The number of carbonyl (C=O) groups excluding carboxylic acids is 8. The highest BCUT2D eigenvalue weighted by molar-refractivity contribution is 5.97. The average molecular weight is 1090 g/mol. The maximum atomic E-state index is 13.5. The molecule has 7 rings (SSSR count). The van der Waals surface area contributed by atoms with E-state index in [1.165, 1.54) is 68.1 Å². The molecule has 420 valence electrons. The molecule has 6 amide bonds. The van der Waals surface area contributed by atoms with Gasteiger partial charge >= 0.3 is 35.9 Å². The number of nitrogens with zero attached hydrogens (tertiary/aromatic N) is 6. The molecule has 2 aromatic carbocycles. The number of esters is 4. The summed E-state index contributed by atoms with van der Waals surface area (Å²) in [4.78, 5) is 131. The largest absolute Gasteiger partial charge is 0.464 e. The molecule has 0 spiro atoms. The molecule has 5 aliphatic rings. The summed E-state index contributed by atoms with van der Waals surface area (Å²) < 4.78 is 21.6. The molecule has 2 saturated heterocycles. The van der Waals surface area contributed by atoms with E-state index in [4.69, 9.17) is 18.9 Å². The summed E-state index contributed by atoms with van der Waals surface area (Å²) in [6.07, 6.45) is 11.4. The van der Waals surface area contributed by atoms with Crippen LogP contribution < -0.4 is 10.6 Å². The van der Waals surface area contributed by atoms with Gasteiger partial charge in [-0.3, -0.25) is 29.8 Å². The van der Waals surface area contributed by atoms with Gasteiger partial charge in [0.25, 0.3) is 11.4 Å².